The van der Waals surface area contributed by atoms with Crippen molar-refractivity contribution >= 4 is 35.0 Å². The Labute approximate surface area is 140 Å². The molecule has 2 amide bonds. The molecule has 0 spiro atoms. The highest BCUT2D eigenvalue weighted by atomic mass is 35.5. The van der Waals surface area contributed by atoms with Gasteiger partial charge in [0.2, 0.25) is 5.91 Å². The fourth-order valence-corrected chi connectivity index (χ4v) is 1.97. The van der Waals surface area contributed by atoms with Crippen LogP contribution in [-0.2, 0) is 4.79 Å². The minimum Gasteiger partial charge on any atom is -0.388 e. The van der Waals surface area contributed by atoms with E-state index >= 15 is 0 Å². The van der Waals surface area contributed by atoms with Gasteiger partial charge in [-0.1, -0.05) is 37.0 Å². The Balaban J connectivity index is 2.49. The SMILES string of the molecule is CC(C)C(C)(O)CNC(=O)CNC(=O)c1ccc(Cl)cc1Cl. The van der Waals surface area contributed by atoms with Crippen LogP contribution in [0.2, 0.25) is 10.0 Å². The van der Waals surface area contributed by atoms with Crippen LogP contribution in [0.3, 0.4) is 0 Å². The van der Waals surface area contributed by atoms with Crippen molar-refractivity contribution in [2.45, 2.75) is 26.4 Å². The first kappa shape index (κ1) is 18.7. The molecule has 1 atom stereocenters. The van der Waals surface area contributed by atoms with E-state index in [9.17, 15) is 14.7 Å². The molecule has 1 aromatic rings. The van der Waals surface area contributed by atoms with Crippen LogP contribution in [0, 0.1) is 5.92 Å². The summed E-state index contributed by atoms with van der Waals surface area (Å²) in [6.45, 7) is 5.27. The number of nitrogens with one attached hydrogen (secondary N) is 2. The predicted octanol–water partition coefficient (Wildman–Crippen LogP) is 2.25. The van der Waals surface area contributed by atoms with Crippen molar-refractivity contribution in [1.29, 1.82) is 0 Å². The van der Waals surface area contributed by atoms with Gasteiger partial charge in [-0.15, -0.1) is 0 Å². The van der Waals surface area contributed by atoms with E-state index in [1.807, 2.05) is 13.8 Å². The fraction of sp³-hybridized carbons (Fsp3) is 0.467. The van der Waals surface area contributed by atoms with E-state index in [0.717, 1.165) is 0 Å². The first-order valence-electron chi connectivity index (χ1n) is 6.86. The van der Waals surface area contributed by atoms with Crippen molar-refractivity contribution in [2.24, 2.45) is 5.92 Å². The third-order valence-corrected chi connectivity index (χ3v) is 4.02. The van der Waals surface area contributed by atoms with Gasteiger partial charge >= 0.3 is 0 Å². The van der Waals surface area contributed by atoms with Crippen molar-refractivity contribution < 1.29 is 14.7 Å². The zero-order valence-electron chi connectivity index (χ0n) is 12.7. The van der Waals surface area contributed by atoms with Gasteiger partial charge in [-0.25, -0.2) is 0 Å². The van der Waals surface area contributed by atoms with E-state index in [1.165, 1.54) is 12.1 Å². The second-order valence-electron chi connectivity index (χ2n) is 5.60. The van der Waals surface area contributed by atoms with Gasteiger partial charge in [-0.05, 0) is 31.0 Å². The maximum absolute atomic E-state index is 11.9. The summed E-state index contributed by atoms with van der Waals surface area (Å²) in [5.41, 5.74) is -0.757. The highest BCUT2D eigenvalue weighted by Crippen LogP contribution is 2.20. The molecule has 22 heavy (non-hydrogen) atoms. The molecule has 0 aliphatic heterocycles. The zero-order chi connectivity index (χ0) is 16.9. The number of hydrogen-bond acceptors (Lipinski definition) is 3. The summed E-state index contributed by atoms with van der Waals surface area (Å²) in [7, 11) is 0. The Bertz CT molecular complexity index is 560. The molecule has 0 saturated heterocycles. The third-order valence-electron chi connectivity index (χ3n) is 3.47. The summed E-state index contributed by atoms with van der Waals surface area (Å²) < 4.78 is 0. The molecule has 0 aliphatic carbocycles. The number of amides is 2. The maximum atomic E-state index is 11.9. The molecule has 0 fully saturated rings. The van der Waals surface area contributed by atoms with Gasteiger partial charge < -0.3 is 15.7 Å². The van der Waals surface area contributed by atoms with E-state index < -0.39 is 11.5 Å². The molecule has 7 heteroatoms. The van der Waals surface area contributed by atoms with Gasteiger partial charge in [0.25, 0.3) is 5.91 Å². The lowest BCUT2D eigenvalue weighted by molar-refractivity contribution is -0.121. The van der Waals surface area contributed by atoms with Crippen molar-refractivity contribution in [3.05, 3.63) is 33.8 Å². The number of benzene rings is 1. The summed E-state index contributed by atoms with van der Waals surface area (Å²) >= 11 is 11.7. The molecule has 0 aliphatic rings. The first-order valence-corrected chi connectivity index (χ1v) is 7.61. The van der Waals surface area contributed by atoms with E-state index in [4.69, 9.17) is 23.2 Å². The van der Waals surface area contributed by atoms with Gasteiger partial charge in [0, 0.05) is 11.6 Å². The topological polar surface area (TPSA) is 78.4 Å². The van der Waals surface area contributed by atoms with Crippen LogP contribution in [0.1, 0.15) is 31.1 Å². The lowest BCUT2D eigenvalue weighted by atomic mass is 9.92. The van der Waals surface area contributed by atoms with Crippen molar-refractivity contribution in [1.82, 2.24) is 10.6 Å². The van der Waals surface area contributed by atoms with Crippen LogP contribution in [0.15, 0.2) is 18.2 Å². The minimum absolute atomic E-state index is 0.00438. The Kier molecular flexibility index (Phi) is 6.66. The minimum atomic E-state index is -1.00. The maximum Gasteiger partial charge on any atom is 0.253 e. The van der Waals surface area contributed by atoms with Crippen molar-refractivity contribution in [2.75, 3.05) is 13.1 Å². The van der Waals surface area contributed by atoms with Crippen LogP contribution >= 0.6 is 23.2 Å². The average molecular weight is 347 g/mol. The van der Waals surface area contributed by atoms with Crippen LogP contribution in [-0.4, -0.2) is 35.6 Å². The smallest absolute Gasteiger partial charge is 0.253 e. The molecule has 0 bridgehead atoms. The third kappa shape index (κ3) is 5.48. The molecule has 0 radical (unpaired) electrons. The molecule has 3 N–H and O–H groups in total. The molecule has 1 rings (SSSR count). The molecule has 0 saturated carbocycles. The predicted molar refractivity (Wildman–Crippen MR) is 87.3 cm³/mol. The normalized spacial score (nSPS) is 13.6. The first-order chi connectivity index (χ1) is 10.1. The lowest BCUT2D eigenvalue weighted by Gasteiger charge is -2.27. The van der Waals surface area contributed by atoms with Crippen LogP contribution in [0.4, 0.5) is 0 Å². The second-order valence-corrected chi connectivity index (χ2v) is 6.44. The molecular weight excluding hydrogens is 327 g/mol. The number of halogens is 2. The zero-order valence-corrected chi connectivity index (χ0v) is 14.3. The van der Waals surface area contributed by atoms with E-state index in [0.29, 0.717) is 5.02 Å². The van der Waals surface area contributed by atoms with Gasteiger partial charge in [-0.3, -0.25) is 9.59 Å². The number of carbonyl (C=O) groups is 2. The molecule has 0 heterocycles. The lowest BCUT2D eigenvalue weighted by Crippen LogP contribution is -2.47. The number of aliphatic hydroxyl groups is 1. The van der Waals surface area contributed by atoms with E-state index in [2.05, 4.69) is 10.6 Å². The van der Waals surface area contributed by atoms with Crippen LogP contribution in [0.25, 0.3) is 0 Å². The van der Waals surface area contributed by atoms with E-state index in [1.54, 1.807) is 13.0 Å². The Hall–Kier alpha value is -1.30. The van der Waals surface area contributed by atoms with Crippen molar-refractivity contribution in [3.63, 3.8) is 0 Å². The summed E-state index contributed by atoms with van der Waals surface area (Å²) in [4.78, 5) is 23.6. The summed E-state index contributed by atoms with van der Waals surface area (Å²) in [6, 6.07) is 4.49. The average Bonchev–Trinajstić information content (AvgIpc) is 2.42. The highest BCUT2D eigenvalue weighted by Gasteiger charge is 2.25. The van der Waals surface area contributed by atoms with Crippen LogP contribution in [0.5, 0.6) is 0 Å². The summed E-state index contributed by atoms with van der Waals surface area (Å²) in [5, 5.41) is 15.7. The summed E-state index contributed by atoms with van der Waals surface area (Å²) in [5.74, 6) is -0.859. The van der Waals surface area contributed by atoms with Gasteiger partial charge in [-0.2, -0.15) is 0 Å². The molecule has 5 nitrogen and oxygen atoms in total. The molecule has 122 valence electrons. The molecule has 0 aromatic heterocycles. The molecule has 1 unspecified atom stereocenters. The van der Waals surface area contributed by atoms with E-state index in [-0.39, 0.29) is 35.5 Å². The quantitative estimate of drug-likeness (QED) is 0.739. The molecule has 1 aromatic carbocycles. The standard InChI is InChI=1S/C15H20Cl2N2O3/c1-9(2)15(3,22)8-19-13(20)7-18-14(21)11-5-4-10(16)6-12(11)17/h4-6,9,22H,7-8H2,1-3H3,(H,18,21)(H,19,20). The van der Waals surface area contributed by atoms with Gasteiger partial charge in [0.1, 0.15) is 0 Å². The second kappa shape index (κ2) is 7.81. The van der Waals surface area contributed by atoms with Crippen LogP contribution < -0.4 is 10.6 Å². The monoisotopic (exact) mass is 346 g/mol. The number of carbonyl (C=O) groups excluding carboxylic acids is 2. The highest BCUT2D eigenvalue weighted by molar-refractivity contribution is 6.36. The fourth-order valence-electron chi connectivity index (χ4n) is 1.47. The Morgan fingerprint density at radius 3 is 2.45 bits per heavy atom. The number of hydrogen-bond donors (Lipinski definition) is 3. The Morgan fingerprint density at radius 2 is 1.91 bits per heavy atom. The largest absolute Gasteiger partial charge is 0.388 e. The number of rotatable bonds is 6. The van der Waals surface area contributed by atoms with Crippen molar-refractivity contribution in [3.8, 4) is 0 Å². The molecular formula is C15H20Cl2N2O3. The Morgan fingerprint density at radius 1 is 1.27 bits per heavy atom. The van der Waals surface area contributed by atoms with Gasteiger partial charge in [0.05, 0.1) is 22.7 Å². The van der Waals surface area contributed by atoms with Gasteiger partial charge in [0.15, 0.2) is 0 Å². The summed E-state index contributed by atoms with van der Waals surface area (Å²) in [6.07, 6.45) is 0.